The van der Waals surface area contributed by atoms with Crippen LogP contribution in [0.15, 0.2) is 12.2 Å². The molecular formula is C64H122O6. The van der Waals surface area contributed by atoms with Crippen molar-refractivity contribution in [3.8, 4) is 0 Å². The number of allylic oxidation sites excluding steroid dienone is 2. The van der Waals surface area contributed by atoms with Crippen LogP contribution in [0.4, 0.5) is 0 Å². The van der Waals surface area contributed by atoms with Gasteiger partial charge in [0.25, 0.3) is 0 Å². The summed E-state index contributed by atoms with van der Waals surface area (Å²) in [6.07, 6.45) is 70.0. The van der Waals surface area contributed by atoms with Crippen LogP contribution in [0, 0.1) is 0 Å². The first-order chi connectivity index (χ1) is 34.5. The molecule has 6 heteroatoms. The van der Waals surface area contributed by atoms with E-state index in [9.17, 15) is 14.4 Å². The van der Waals surface area contributed by atoms with Crippen molar-refractivity contribution < 1.29 is 28.6 Å². The Morgan fingerprint density at radius 2 is 0.500 bits per heavy atom. The van der Waals surface area contributed by atoms with Gasteiger partial charge in [-0.25, -0.2) is 0 Å². The third-order valence-corrected chi connectivity index (χ3v) is 14.5. The first kappa shape index (κ1) is 68.2. The van der Waals surface area contributed by atoms with Gasteiger partial charge in [-0.05, 0) is 38.5 Å². The van der Waals surface area contributed by atoms with E-state index in [0.717, 1.165) is 70.6 Å². The van der Waals surface area contributed by atoms with E-state index >= 15 is 0 Å². The Kier molecular flexibility index (Phi) is 58.1. The zero-order chi connectivity index (χ0) is 50.7. The largest absolute Gasteiger partial charge is 0.462 e. The highest BCUT2D eigenvalue weighted by molar-refractivity contribution is 5.71. The Labute approximate surface area is 437 Å². The number of carbonyl (C=O) groups is 3. The predicted molar refractivity (Wildman–Crippen MR) is 303 cm³/mol. The van der Waals surface area contributed by atoms with Crippen LogP contribution in [-0.2, 0) is 28.6 Å². The second-order valence-corrected chi connectivity index (χ2v) is 21.7. The Hall–Kier alpha value is -1.85. The molecular weight excluding hydrogens is 865 g/mol. The molecule has 0 fully saturated rings. The van der Waals surface area contributed by atoms with Crippen molar-refractivity contribution in [2.75, 3.05) is 13.2 Å². The molecule has 0 radical (unpaired) electrons. The average Bonchev–Trinajstić information content (AvgIpc) is 3.36. The van der Waals surface area contributed by atoms with Gasteiger partial charge in [0.2, 0.25) is 0 Å². The van der Waals surface area contributed by atoms with Gasteiger partial charge in [-0.3, -0.25) is 14.4 Å². The molecule has 0 aromatic heterocycles. The molecule has 70 heavy (non-hydrogen) atoms. The summed E-state index contributed by atoms with van der Waals surface area (Å²) in [7, 11) is 0. The lowest BCUT2D eigenvalue weighted by atomic mass is 10.0. The summed E-state index contributed by atoms with van der Waals surface area (Å²) < 4.78 is 16.8. The molecule has 0 N–H and O–H groups in total. The Bertz CT molecular complexity index is 1090. The van der Waals surface area contributed by atoms with Gasteiger partial charge >= 0.3 is 17.9 Å². The number of unbranched alkanes of at least 4 members (excludes halogenated alkanes) is 46. The predicted octanol–water partition coefficient (Wildman–Crippen LogP) is 21.3. The maximum Gasteiger partial charge on any atom is 0.306 e. The van der Waals surface area contributed by atoms with Crippen LogP contribution in [0.3, 0.4) is 0 Å². The van der Waals surface area contributed by atoms with Crippen LogP contribution in [0.25, 0.3) is 0 Å². The van der Waals surface area contributed by atoms with Crippen molar-refractivity contribution >= 4 is 17.9 Å². The van der Waals surface area contributed by atoms with Crippen molar-refractivity contribution in [1.29, 1.82) is 0 Å². The molecule has 0 saturated carbocycles. The maximum atomic E-state index is 12.7. The highest BCUT2D eigenvalue weighted by Crippen LogP contribution is 2.18. The maximum absolute atomic E-state index is 12.7. The van der Waals surface area contributed by atoms with E-state index in [1.807, 2.05) is 0 Å². The molecule has 0 amide bonds. The summed E-state index contributed by atoms with van der Waals surface area (Å²) >= 11 is 0. The minimum absolute atomic E-state index is 0.0686. The quantitative estimate of drug-likeness (QED) is 0.0261. The number of hydrogen-bond donors (Lipinski definition) is 0. The Morgan fingerprint density at radius 1 is 0.271 bits per heavy atom. The normalized spacial score (nSPS) is 12.0. The molecule has 0 bridgehead atoms. The lowest BCUT2D eigenvalue weighted by molar-refractivity contribution is -0.167. The summed E-state index contributed by atoms with van der Waals surface area (Å²) in [6, 6.07) is 0. The highest BCUT2D eigenvalue weighted by atomic mass is 16.6. The zero-order valence-corrected chi connectivity index (χ0v) is 47.6. The number of ether oxygens (including phenoxy) is 3. The summed E-state index contributed by atoms with van der Waals surface area (Å²) in [5, 5.41) is 0. The van der Waals surface area contributed by atoms with Crippen LogP contribution in [0.1, 0.15) is 361 Å². The number of esters is 3. The molecule has 0 aliphatic carbocycles. The number of rotatable bonds is 59. The highest BCUT2D eigenvalue weighted by Gasteiger charge is 2.19. The smallest absolute Gasteiger partial charge is 0.306 e. The molecule has 0 aromatic carbocycles. The minimum Gasteiger partial charge on any atom is -0.462 e. The minimum atomic E-state index is -0.767. The third kappa shape index (κ3) is 57.1. The number of hydrogen-bond acceptors (Lipinski definition) is 6. The molecule has 1 unspecified atom stereocenters. The summed E-state index contributed by atoms with van der Waals surface area (Å²) in [5.74, 6) is -0.865. The molecule has 0 aromatic rings. The van der Waals surface area contributed by atoms with Crippen LogP contribution < -0.4 is 0 Å². The van der Waals surface area contributed by atoms with E-state index in [0.29, 0.717) is 19.3 Å². The molecule has 414 valence electrons. The van der Waals surface area contributed by atoms with Gasteiger partial charge in [0.05, 0.1) is 0 Å². The van der Waals surface area contributed by atoms with E-state index in [4.69, 9.17) is 14.2 Å². The number of carbonyl (C=O) groups excluding carboxylic acids is 3. The fraction of sp³-hybridized carbons (Fsp3) is 0.922. The lowest BCUT2D eigenvalue weighted by Gasteiger charge is -2.18. The first-order valence-electron chi connectivity index (χ1n) is 31.7. The van der Waals surface area contributed by atoms with E-state index in [1.54, 1.807) is 0 Å². The van der Waals surface area contributed by atoms with Crippen LogP contribution in [-0.4, -0.2) is 37.2 Å². The monoisotopic (exact) mass is 987 g/mol. The molecule has 0 spiro atoms. The third-order valence-electron chi connectivity index (χ3n) is 14.5. The van der Waals surface area contributed by atoms with Gasteiger partial charge in [-0.15, -0.1) is 0 Å². The fourth-order valence-electron chi connectivity index (χ4n) is 9.74. The van der Waals surface area contributed by atoms with Gasteiger partial charge in [0, 0.05) is 19.3 Å². The zero-order valence-electron chi connectivity index (χ0n) is 47.6. The SMILES string of the molecule is CCC/C=C\CCCCCCCC(=O)OC(COC(=O)CCCCCCCCCC)COC(=O)CCCCCCCCCCCCCCCCCCCCCCCCCCCCCCCCCCCC. The van der Waals surface area contributed by atoms with E-state index < -0.39 is 6.10 Å². The van der Waals surface area contributed by atoms with Gasteiger partial charge in [-0.2, -0.15) is 0 Å². The van der Waals surface area contributed by atoms with Crippen LogP contribution in [0.2, 0.25) is 0 Å². The van der Waals surface area contributed by atoms with E-state index in [-0.39, 0.29) is 31.1 Å². The van der Waals surface area contributed by atoms with Crippen molar-refractivity contribution in [2.45, 2.75) is 367 Å². The summed E-state index contributed by atoms with van der Waals surface area (Å²) in [5.41, 5.74) is 0. The average molecular weight is 988 g/mol. The van der Waals surface area contributed by atoms with Gasteiger partial charge in [0.15, 0.2) is 6.10 Å². The molecule has 0 heterocycles. The molecule has 0 aliphatic rings. The van der Waals surface area contributed by atoms with Crippen LogP contribution >= 0.6 is 0 Å². The molecule has 1 atom stereocenters. The first-order valence-corrected chi connectivity index (χ1v) is 31.7. The summed E-state index contributed by atoms with van der Waals surface area (Å²) in [4.78, 5) is 37.9. The van der Waals surface area contributed by atoms with Crippen LogP contribution in [0.5, 0.6) is 0 Å². The van der Waals surface area contributed by atoms with Crippen molar-refractivity contribution in [3.05, 3.63) is 12.2 Å². The van der Waals surface area contributed by atoms with E-state index in [2.05, 4.69) is 32.9 Å². The van der Waals surface area contributed by atoms with E-state index in [1.165, 1.54) is 250 Å². The van der Waals surface area contributed by atoms with Crippen molar-refractivity contribution in [3.63, 3.8) is 0 Å². The Balaban J connectivity index is 3.84. The van der Waals surface area contributed by atoms with Gasteiger partial charge in [-0.1, -0.05) is 315 Å². The molecule has 6 nitrogen and oxygen atoms in total. The second-order valence-electron chi connectivity index (χ2n) is 21.7. The lowest BCUT2D eigenvalue weighted by Crippen LogP contribution is -2.30. The van der Waals surface area contributed by atoms with Gasteiger partial charge in [0.1, 0.15) is 13.2 Å². The Morgan fingerprint density at radius 3 is 0.771 bits per heavy atom. The fourth-order valence-corrected chi connectivity index (χ4v) is 9.74. The molecule has 0 rings (SSSR count). The van der Waals surface area contributed by atoms with Crippen molar-refractivity contribution in [1.82, 2.24) is 0 Å². The molecule has 0 aliphatic heterocycles. The summed E-state index contributed by atoms with van der Waals surface area (Å²) in [6.45, 7) is 6.59. The topological polar surface area (TPSA) is 78.9 Å². The molecule has 0 saturated heterocycles. The van der Waals surface area contributed by atoms with Gasteiger partial charge < -0.3 is 14.2 Å². The second kappa shape index (κ2) is 59.7. The van der Waals surface area contributed by atoms with Crippen molar-refractivity contribution in [2.24, 2.45) is 0 Å². The standard InChI is InChI=1S/C64H122O6/c1-4-7-10-13-16-19-21-22-23-24-25-26-27-28-29-30-31-32-33-34-35-36-37-38-39-40-41-42-43-44-46-48-51-54-57-63(66)69-60-61(59-68-62(65)56-53-50-47-18-15-12-9-6-3)70-64(67)58-55-52-49-45-20-17-14-11-8-5-2/h11,14,61H,4-10,12-13,15-60H2,1-3H3/b14-11-.